The quantitative estimate of drug-likeness (QED) is 0.275. The highest BCUT2D eigenvalue weighted by Gasteiger charge is 2.41. The average molecular weight is 212 g/mol. The van der Waals surface area contributed by atoms with E-state index in [0.717, 1.165) is 0 Å². The zero-order valence-electron chi connectivity index (χ0n) is 5.87. The molecule has 0 aromatic rings. The molecule has 0 aliphatic carbocycles. The summed E-state index contributed by atoms with van der Waals surface area (Å²) in [6.45, 7) is 0. The number of aliphatic carboxylic acids is 2. The summed E-state index contributed by atoms with van der Waals surface area (Å²) in [6.07, 6.45) is 0. The van der Waals surface area contributed by atoms with Gasteiger partial charge in [0.25, 0.3) is 21.2 Å². The number of hydrogen-bond acceptors (Lipinski definition) is 5. The largest absolute Gasteiger partial charge is 0.480 e. The zero-order chi connectivity index (χ0) is 10.8. The molecule has 0 bridgehead atoms. The van der Waals surface area contributed by atoms with Crippen molar-refractivity contribution >= 4 is 27.8 Å². The number of rotatable bonds is 4. The minimum atomic E-state index is -5.24. The molecule has 13 heavy (non-hydrogen) atoms. The van der Waals surface area contributed by atoms with Crippen molar-refractivity contribution in [1.82, 2.24) is 0 Å². The number of Topliss-reactive ketones (excluding diaryl/α,β-unsaturated/α-hetero) is 1. The first-order chi connectivity index (χ1) is 5.68. The van der Waals surface area contributed by atoms with Gasteiger partial charge < -0.3 is 10.2 Å². The highest BCUT2D eigenvalue weighted by atomic mass is 32.2. The van der Waals surface area contributed by atoms with Crippen molar-refractivity contribution in [1.29, 1.82) is 0 Å². The maximum Gasteiger partial charge on any atom is 0.374 e. The smallest absolute Gasteiger partial charge is 0.374 e. The molecule has 0 fully saturated rings. The first kappa shape index (κ1) is 11.5. The molecule has 3 N–H and O–H groups in total. The van der Waals surface area contributed by atoms with Gasteiger partial charge >= 0.3 is 11.9 Å². The molecular weight excluding hydrogens is 208 g/mol. The summed E-state index contributed by atoms with van der Waals surface area (Å²) in [6, 6.07) is 0. The summed E-state index contributed by atoms with van der Waals surface area (Å²) in [5.74, 6) is -6.60. The minimum absolute atomic E-state index is 2.12. The Labute approximate surface area is 71.5 Å². The molecule has 0 aromatic heterocycles. The van der Waals surface area contributed by atoms with Gasteiger partial charge in [0.15, 0.2) is 0 Å². The van der Waals surface area contributed by atoms with E-state index < -0.39 is 33.1 Å². The fraction of sp³-hybridized carbons (Fsp3) is 0.250. The number of carboxylic acids is 2. The molecule has 9 heteroatoms. The summed E-state index contributed by atoms with van der Waals surface area (Å²) < 4.78 is 28.6. The second-order valence-corrected chi connectivity index (χ2v) is 3.40. The van der Waals surface area contributed by atoms with Crippen molar-refractivity contribution < 1.29 is 37.6 Å². The Balaban J connectivity index is 5.20. The molecule has 0 rings (SSSR count). The third kappa shape index (κ3) is 2.80. The lowest BCUT2D eigenvalue weighted by molar-refractivity contribution is -0.152. The monoisotopic (exact) mass is 212 g/mol. The van der Waals surface area contributed by atoms with Crippen LogP contribution < -0.4 is 0 Å². The molecule has 1 atom stereocenters. The van der Waals surface area contributed by atoms with E-state index in [4.69, 9.17) is 14.8 Å². The lowest BCUT2D eigenvalue weighted by atomic mass is 10.3. The second-order valence-electron chi connectivity index (χ2n) is 1.90. The number of carbonyl (C=O) groups excluding carboxylic acids is 1. The van der Waals surface area contributed by atoms with Crippen LogP contribution >= 0.6 is 0 Å². The van der Waals surface area contributed by atoms with Gasteiger partial charge in [-0.1, -0.05) is 0 Å². The maximum absolute atomic E-state index is 10.4. The van der Waals surface area contributed by atoms with E-state index in [1.54, 1.807) is 0 Å². The van der Waals surface area contributed by atoms with Crippen LogP contribution in [0.25, 0.3) is 0 Å². The summed E-state index contributed by atoms with van der Waals surface area (Å²) in [7, 11) is -5.24. The molecule has 0 spiro atoms. The van der Waals surface area contributed by atoms with Crippen LogP contribution in [0.15, 0.2) is 0 Å². The normalized spacial score (nSPS) is 13.3. The van der Waals surface area contributed by atoms with Crippen molar-refractivity contribution in [3.8, 4) is 0 Å². The van der Waals surface area contributed by atoms with Crippen molar-refractivity contribution in [2.75, 3.05) is 0 Å². The van der Waals surface area contributed by atoms with Gasteiger partial charge in [0.05, 0.1) is 0 Å². The van der Waals surface area contributed by atoms with E-state index in [2.05, 4.69) is 0 Å². The minimum Gasteiger partial charge on any atom is -0.480 e. The zero-order valence-corrected chi connectivity index (χ0v) is 6.68. The van der Waals surface area contributed by atoms with Gasteiger partial charge in [-0.15, -0.1) is 0 Å². The number of carboxylic acid groups (broad SMARTS) is 2. The van der Waals surface area contributed by atoms with Crippen LogP contribution in [0.1, 0.15) is 0 Å². The van der Waals surface area contributed by atoms with Crippen molar-refractivity contribution in [3.05, 3.63) is 0 Å². The van der Waals surface area contributed by atoms with Gasteiger partial charge in [-0.3, -0.25) is 14.1 Å². The number of hydrogen-bond donors (Lipinski definition) is 3. The molecule has 0 heterocycles. The highest BCUT2D eigenvalue weighted by Crippen LogP contribution is 2.01. The predicted molar refractivity (Wildman–Crippen MR) is 35.6 cm³/mol. The standard InChI is InChI=1S/C4H4O8S/c5-1(3(6)7)2(4(8)9)13(10,11)12/h2H,(H,6,7)(H,8,9)(H,10,11,12). The van der Waals surface area contributed by atoms with Crippen LogP contribution in [0, 0.1) is 0 Å². The Morgan fingerprint density at radius 2 is 1.46 bits per heavy atom. The van der Waals surface area contributed by atoms with Crippen molar-refractivity contribution in [3.63, 3.8) is 0 Å². The first-order valence-electron chi connectivity index (χ1n) is 2.64. The Hall–Kier alpha value is -1.48. The van der Waals surface area contributed by atoms with E-state index in [9.17, 15) is 22.8 Å². The van der Waals surface area contributed by atoms with Crippen LogP contribution in [0.5, 0.6) is 0 Å². The molecule has 0 saturated carbocycles. The average Bonchev–Trinajstić information content (AvgIpc) is 1.82. The Bertz CT molecular complexity index is 350. The molecule has 0 radical (unpaired) electrons. The SMILES string of the molecule is O=C(O)C(=O)C(C(=O)O)S(=O)(=O)O. The maximum atomic E-state index is 10.4. The molecule has 0 aliphatic heterocycles. The van der Waals surface area contributed by atoms with E-state index in [0.29, 0.717) is 0 Å². The first-order valence-corrected chi connectivity index (χ1v) is 4.14. The Morgan fingerprint density at radius 1 is 1.08 bits per heavy atom. The van der Waals surface area contributed by atoms with Gasteiger partial charge in [-0.2, -0.15) is 8.42 Å². The summed E-state index contributed by atoms with van der Waals surface area (Å²) in [5, 5.41) is 13.1. The molecule has 74 valence electrons. The summed E-state index contributed by atoms with van der Waals surface area (Å²) in [5.41, 5.74) is 0. The fourth-order valence-electron chi connectivity index (χ4n) is 0.487. The lowest BCUT2D eigenvalue weighted by Crippen LogP contribution is -2.41. The van der Waals surface area contributed by atoms with Crippen LogP contribution in [-0.4, -0.2) is 46.2 Å². The molecule has 0 amide bonds. The number of carbonyl (C=O) groups is 3. The van der Waals surface area contributed by atoms with Gasteiger partial charge in [-0.05, 0) is 0 Å². The third-order valence-electron chi connectivity index (χ3n) is 0.971. The number of ketones is 1. The summed E-state index contributed by atoms with van der Waals surface area (Å²) in [4.78, 5) is 30.4. The predicted octanol–water partition coefficient (Wildman–Crippen LogP) is -2.02. The molecule has 1 unspecified atom stereocenters. The van der Waals surface area contributed by atoms with Crippen molar-refractivity contribution in [2.24, 2.45) is 0 Å². The topological polar surface area (TPSA) is 146 Å². The van der Waals surface area contributed by atoms with Crippen LogP contribution in [0.4, 0.5) is 0 Å². The molecule has 0 aliphatic rings. The van der Waals surface area contributed by atoms with Gasteiger partial charge in [0.1, 0.15) is 0 Å². The van der Waals surface area contributed by atoms with Crippen LogP contribution in [0.3, 0.4) is 0 Å². The summed E-state index contributed by atoms with van der Waals surface area (Å²) >= 11 is 0. The van der Waals surface area contributed by atoms with Crippen LogP contribution in [0.2, 0.25) is 0 Å². The molecule has 8 nitrogen and oxygen atoms in total. The molecular formula is C4H4O8S. The fourth-order valence-corrected chi connectivity index (χ4v) is 1.11. The van der Waals surface area contributed by atoms with E-state index >= 15 is 0 Å². The van der Waals surface area contributed by atoms with Gasteiger partial charge in [0.2, 0.25) is 0 Å². The Morgan fingerprint density at radius 3 is 1.54 bits per heavy atom. The van der Waals surface area contributed by atoms with Crippen LogP contribution in [-0.2, 0) is 24.5 Å². The Kier molecular flexibility index (Phi) is 3.10. The van der Waals surface area contributed by atoms with E-state index in [1.807, 2.05) is 0 Å². The third-order valence-corrected chi connectivity index (χ3v) is 1.98. The van der Waals surface area contributed by atoms with E-state index in [-0.39, 0.29) is 0 Å². The molecule has 0 saturated heterocycles. The molecule has 0 aromatic carbocycles. The van der Waals surface area contributed by atoms with Crippen molar-refractivity contribution in [2.45, 2.75) is 5.25 Å². The highest BCUT2D eigenvalue weighted by molar-refractivity contribution is 7.88. The van der Waals surface area contributed by atoms with Gasteiger partial charge in [0, 0.05) is 0 Å². The van der Waals surface area contributed by atoms with E-state index in [1.165, 1.54) is 0 Å². The second kappa shape index (κ2) is 3.49. The lowest BCUT2D eigenvalue weighted by Gasteiger charge is -2.03. The van der Waals surface area contributed by atoms with Gasteiger partial charge in [-0.25, -0.2) is 4.79 Å².